The highest BCUT2D eigenvalue weighted by Gasteiger charge is 2.46. The lowest BCUT2D eigenvalue weighted by molar-refractivity contribution is -0.133. The van der Waals surface area contributed by atoms with Gasteiger partial charge in [-0.1, -0.05) is 58.6 Å². The summed E-state index contributed by atoms with van der Waals surface area (Å²) in [6.07, 6.45) is 9.59. The normalized spacial score (nSPS) is 24.1. The van der Waals surface area contributed by atoms with Gasteiger partial charge in [0.15, 0.2) is 11.6 Å². The van der Waals surface area contributed by atoms with E-state index in [0.29, 0.717) is 75.8 Å². The van der Waals surface area contributed by atoms with Gasteiger partial charge in [-0.3, -0.25) is 24.5 Å². The van der Waals surface area contributed by atoms with Crippen LogP contribution in [0.25, 0.3) is 0 Å². The Balaban J connectivity index is 1.49. The van der Waals surface area contributed by atoms with Crippen molar-refractivity contribution in [2.75, 3.05) is 25.0 Å². The topological polar surface area (TPSA) is 184 Å². The van der Waals surface area contributed by atoms with Crippen molar-refractivity contribution < 1.29 is 24.0 Å². The second-order valence-corrected chi connectivity index (χ2v) is 17.4. The Morgan fingerprint density at radius 1 is 0.907 bits per heavy atom. The highest BCUT2D eigenvalue weighted by Crippen LogP contribution is 2.39. The van der Waals surface area contributed by atoms with Crippen LogP contribution in [0.2, 0.25) is 0 Å². The van der Waals surface area contributed by atoms with Crippen LogP contribution in [0.3, 0.4) is 0 Å². The monoisotopic (exact) mass is 752 g/mol. The standard InChI is InChI=1S/C42H69N7O5/c1-28(2)29(3)27-45-36(51)26-31-14-16-33(17-15-31)49-42(20-8-7-9-21-42)37(52)34(13-11-24-44-39(43)54)47-38(53)30(4)48-41-22-10-12-32(18-23-41)40(5,6)46-25-19-35(41)50/h14-17,28-30,32,34,46,48-49H,7-13,18-27H2,1-6H3,(H,45,51)(H,47,53)(H3,43,44,54)/t29-,30+,32?,34+,41?/m1/s1. The molecule has 3 fully saturated rings. The third kappa shape index (κ3) is 11.7. The molecule has 0 radical (unpaired) electrons. The molecule has 1 aromatic rings. The second kappa shape index (κ2) is 19.4. The van der Waals surface area contributed by atoms with E-state index in [0.717, 1.165) is 49.8 Å². The largest absolute Gasteiger partial charge is 0.373 e. The molecule has 2 bridgehead atoms. The zero-order valence-electron chi connectivity index (χ0n) is 33.8. The Kier molecular flexibility index (Phi) is 15.5. The first kappa shape index (κ1) is 43.2. The molecule has 3 aliphatic rings. The molecule has 1 aliphatic heterocycles. The van der Waals surface area contributed by atoms with Crippen molar-refractivity contribution in [1.29, 1.82) is 0 Å². The van der Waals surface area contributed by atoms with Crippen molar-refractivity contribution in [3.63, 3.8) is 0 Å². The van der Waals surface area contributed by atoms with E-state index < -0.39 is 29.2 Å². The van der Waals surface area contributed by atoms with Gasteiger partial charge in [0.1, 0.15) is 0 Å². The SMILES string of the molecule is CC(C)[C@H](C)CNC(=O)Cc1ccc(NC2(C(=O)[C@H](CCCNC(N)=O)NC(=O)[C@H](C)NC34CCCC(CC3)C(C)(C)NCCC4=O)CCCCC2)cc1. The Bertz CT molecular complexity index is 1440. The molecule has 8 N–H and O–H groups in total. The zero-order valence-corrected chi connectivity index (χ0v) is 33.8. The van der Waals surface area contributed by atoms with Gasteiger partial charge in [-0.25, -0.2) is 4.79 Å². The molecule has 12 heteroatoms. The van der Waals surface area contributed by atoms with Crippen LogP contribution < -0.4 is 37.6 Å². The predicted molar refractivity (Wildman–Crippen MR) is 214 cm³/mol. The van der Waals surface area contributed by atoms with Crippen LogP contribution in [-0.4, -0.2) is 77.7 Å². The van der Waals surface area contributed by atoms with Crippen LogP contribution in [0.5, 0.6) is 0 Å². The number of nitrogens with one attached hydrogen (secondary N) is 6. The number of carbonyl (C=O) groups is 5. The maximum atomic E-state index is 14.8. The summed E-state index contributed by atoms with van der Waals surface area (Å²) in [5.74, 6) is 1.01. The first-order valence-electron chi connectivity index (χ1n) is 20.6. The number of nitrogens with two attached hydrogens (primary N) is 1. The molecule has 1 heterocycles. The van der Waals surface area contributed by atoms with E-state index in [1.165, 1.54) is 0 Å². The average molecular weight is 752 g/mol. The minimum Gasteiger partial charge on any atom is -0.373 e. The van der Waals surface area contributed by atoms with Gasteiger partial charge in [-0.05, 0) is 108 Å². The summed E-state index contributed by atoms with van der Waals surface area (Å²) in [7, 11) is 0. The fourth-order valence-electron chi connectivity index (χ4n) is 8.67. The Morgan fingerprint density at radius 3 is 2.28 bits per heavy atom. The lowest BCUT2D eigenvalue weighted by Crippen LogP contribution is -2.62. The van der Waals surface area contributed by atoms with Crippen molar-refractivity contribution in [3.05, 3.63) is 29.8 Å². The first-order valence-corrected chi connectivity index (χ1v) is 20.6. The van der Waals surface area contributed by atoms with Crippen LogP contribution in [0.15, 0.2) is 24.3 Å². The number of anilines is 1. The van der Waals surface area contributed by atoms with Crippen LogP contribution in [0.4, 0.5) is 10.5 Å². The molecule has 1 aromatic carbocycles. The number of benzene rings is 1. The molecule has 0 spiro atoms. The molecule has 4 amide bonds. The number of hydrogen-bond donors (Lipinski definition) is 7. The number of urea groups is 1. The number of ketones is 2. The molecule has 2 aliphatic carbocycles. The van der Waals surface area contributed by atoms with Gasteiger partial charge < -0.3 is 32.3 Å². The van der Waals surface area contributed by atoms with Gasteiger partial charge >= 0.3 is 6.03 Å². The first-order chi connectivity index (χ1) is 25.6. The van der Waals surface area contributed by atoms with Gasteiger partial charge in [-0.2, -0.15) is 0 Å². The number of primary amides is 1. The summed E-state index contributed by atoms with van der Waals surface area (Å²) in [5, 5.41) is 19.4. The summed E-state index contributed by atoms with van der Waals surface area (Å²) in [5.41, 5.74) is 5.22. The number of rotatable bonds is 17. The number of fused-ring (bicyclic) bond motifs is 3. The fourth-order valence-corrected chi connectivity index (χ4v) is 8.67. The molecule has 302 valence electrons. The van der Waals surface area contributed by atoms with Gasteiger partial charge in [0.05, 0.1) is 29.6 Å². The Hall–Kier alpha value is -3.51. The fraction of sp³-hybridized carbons (Fsp3) is 0.738. The predicted octanol–water partition coefficient (Wildman–Crippen LogP) is 4.89. The molecule has 54 heavy (non-hydrogen) atoms. The maximum Gasteiger partial charge on any atom is 0.312 e. The highest BCUT2D eigenvalue weighted by molar-refractivity contribution is 5.99. The van der Waals surface area contributed by atoms with Crippen molar-refractivity contribution in [2.24, 2.45) is 23.5 Å². The summed E-state index contributed by atoms with van der Waals surface area (Å²) >= 11 is 0. The minimum absolute atomic E-state index is 0.0199. The molecule has 5 atom stereocenters. The van der Waals surface area contributed by atoms with E-state index in [1.54, 1.807) is 6.92 Å². The smallest absolute Gasteiger partial charge is 0.312 e. The number of hydrogen-bond acceptors (Lipinski definition) is 8. The van der Waals surface area contributed by atoms with Crippen LogP contribution >= 0.6 is 0 Å². The molecular formula is C42H69N7O5. The van der Waals surface area contributed by atoms with E-state index in [1.807, 2.05) is 24.3 Å². The summed E-state index contributed by atoms with van der Waals surface area (Å²) < 4.78 is 0. The third-order valence-corrected chi connectivity index (χ3v) is 12.7. The molecule has 2 unspecified atom stereocenters. The lowest BCUT2D eigenvalue weighted by atomic mass is 9.75. The highest BCUT2D eigenvalue weighted by atomic mass is 16.2. The molecule has 12 nitrogen and oxygen atoms in total. The summed E-state index contributed by atoms with van der Waals surface area (Å²) in [6, 6.07) is 5.50. The molecule has 2 saturated carbocycles. The van der Waals surface area contributed by atoms with E-state index >= 15 is 0 Å². The summed E-state index contributed by atoms with van der Waals surface area (Å²) in [4.78, 5) is 66.7. The molecular weight excluding hydrogens is 683 g/mol. The van der Waals surface area contributed by atoms with Gasteiger partial charge in [0, 0.05) is 37.3 Å². The maximum absolute atomic E-state index is 14.8. The van der Waals surface area contributed by atoms with E-state index in [-0.39, 0.29) is 41.9 Å². The van der Waals surface area contributed by atoms with E-state index in [4.69, 9.17) is 5.73 Å². The quantitative estimate of drug-likeness (QED) is 0.110. The summed E-state index contributed by atoms with van der Waals surface area (Å²) in [6.45, 7) is 14.2. The van der Waals surface area contributed by atoms with Crippen LogP contribution in [0, 0.1) is 17.8 Å². The third-order valence-electron chi connectivity index (χ3n) is 12.7. The Labute approximate surface area is 323 Å². The second-order valence-electron chi connectivity index (χ2n) is 17.4. The van der Waals surface area contributed by atoms with E-state index in [9.17, 15) is 24.0 Å². The van der Waals surface area contributed by atoms with Gasteiger partial charge in [0.25, 0.3) is 0 Å². The number of Topliss-reactive ketones (excluding diaryl/α,β-unsaturated/α-hetero) is 2. The number of amides is 4. The number of carbonyl (C=O) groups excluding carboxylic acids is 5. The van der Waals surface area contributed by atoms with E-state index in [2.05, 4.69) is 66.5 Å². The van der Waals surface area contributed by atoms with Crippen LogP contribution in [-0.2, 0) is 25.6 Å². The average Bonchev–Trinajstić information content (AvgIpc) is 3.34. The van der Waals surface area contributed by atoms with Gasteiger partial charge in [0.2, 0.25) is 11.8 Å². The van der Waals surface area contributed by atoms with Crippen molar-refractivity contribution in [1.82, 2.24) is 26.6 Å². The van der Waals surface area contributed by atoms with Crippen molar-refractivity contribution in [3.8, 4) is 0 Å². The van der Waals surface area contributed by atoms with Crippen molar-refractivity contribution in [2.45, 2.75) is 160 Å². The van der Waals surface area contributed by atoms with Crippen molar-refractivity contribution >= 4 is 35.1 Å². The lowest BCUT2D eigenvalue weighted by Gasteiger charge is -2.40. The molecule has 4 rings (SSSR count). The van der Waals surface area contributed by atoms with Crippen LogP contribution in [0.1, 0.15) is 131 Å². The zero-order chi connectivity index (χ0) is 39.5. The van der Waals surface area contributed by atoms with Gasteiger partial charge in [-0.15, -0.1) is 0 Å². The molecule has 1 saturated heterocycles. The minimum atomic E-state index is -0.904. The Morgan fingerprint density at radius 2 is 1.61 bits per heavy atom. The molecule has 0 aromatic heterocycles.